The lowest BCUT2D eigenvalue weighted by Gasteiger charge is -2.27. The Morgan fingerprint density at radius 2 is 0.967 bits per heavy atom. The molecule has 0 N–H and O–H groups in total. The van der Waals surface area contributed by atoms with Gasteiger partial charge in [-0.3, -0.25) is 0 Å². The topological polar surface area (TPSA) is 21.3 Å². The van der Waals surface area contributed by atoms with Crippen LogP contribution in [0, 0.1) is 0 Å². The molecule has 2 heterocycles. The minimum Gasteiger partial charge on any atom is -0.455 e. The van der Waals surface area contributed by atoms with Gasteiger partial charge in [0, 0.05) is 38.7 Å². The van der Waals surface area contributed by atoms with Crippen LogP contribution < -0.4 is 4.90 Å². The first-order chi connectivity index (χ1) is 45.7. The summed E-state index contributed by atoms with van der Waals surface area (Å²) in [5, 5.41) is -4.26. The lowest BCUT2D eigenvalue weighted by Crippen LogP contribution is -2.10. The van der Waals surface area contributed by atoms with E-state index in [9.17, 15) is 21.9 Å². The van der Waals surface area contributed by atoms with E-state index in [4.69, 9.17) is 33.2 Å². The molecule has 0 radical (unpaired) electrons. The van der Waals surface area contributed by atoms with E-state index >= 15 is 0 Å². The number of rotatable bonds is 7. The van der Waals surface area contributed by atoms with Gasteiger partial charge in [0.25, 0.3) is 0 Å². The minimum atomic E-state index is -1.39. The predicted molar refractivity (Wildman–Crippen MR) is 257 cm³/mol. The van der Waals surface area contributed by atoms with Gasteiger partial charge in [-0.1, -0.05) is 163 Å². The van der Waals surface area contributed by atoms with Crippen LogP contribution in [-0.2, 0) is 0 Å². The Kier molecular flexibility index (Phi) is 3.28. The van der Waals surface area contributed by atoms with Crippen molar-refractivity contribution in [2.24, 2.45) is 0 Å². The molecule has 12 rings (SSSR count). The van der Waals surface area contributed by atoms with Crippen molar-refractivity contribution in [3.63, 3.8) is 0 Å². The van der Waals surface area contributed by atoms with Gasteiger partial charge in [-0.05, 0) is 99.5 Å². The maximum absolute atomic E-state index is 10.3. The molecule has 0 aliphatic carbocycles. The van der Waals surface area contributed by atoms with Gasteiger partial charge >= 0.3 is 0 Å². The van der Waals surface area contributed by atoms with E-state index in [1.54, 1.807) is 0 Å². The van der Waals surface area contributed by atoms with Gasteiger partial charge in [0.1, 0.15) is 11.2 Å². The van der Waals surface area contributed by atoms with Crippen molar-refractivity contribution in [3.05, 3.63) is 230 Å². The number of hydrogen-bond donors (Lipinski definition) is 0. The Bertz CT molecular complexity index is 5630. The molecule has 286 valence electrons. The Morgan fingerprint density at radius 3 is 1.69 bits per heavy atom. The third-order valence-electron chi connectivity index (χ3n) is 9.50. The highest BCUT2D eigenvalue weighted by Crippen LogP contribution is 2.48. The number of benzene rings is 10. The Labute approximate surface area is 405 Å². The summed E-state index contributed by atoms with van der Waals surface area (Å²) in [5.41, 5.74) is -13.3. The molecule has 0 bridgehead atoms. The van der Waals surface area contributed by atoms with Gasteiger partial charge in [-0.15, -0.1) is 0 Å². The maximum Gasteiger partial charge on any atom is 0.145 e. The van der Waals surface area contributed by atoms with Crippen LogP contribution in [0.2, 0.25) is 0 Å². The third kappa shape index (κ3) is 5.82. The fourth-order valence-electron chi connectivity index (χ4n) is 6.87. The minimum absolute atomic E-state index is 0.314. The average Bonchev–Trinajstić information content (AvgIpc) is 1.47. The third-order valence-corrected chi connectivity index (χ3v) is 9.50. The second-order valence-corrected chi connectivity index (χ2v) is 12.9. The molecular formula is C58H38N2O. The molecule has 3 nitrogen and oxygen atoms in total. The Morgan fingerprint density at radius 1 is 0.410 bits per heavy atom. The number of para-hydroxylation sites is 4. The van der Waals surface area contributed by atoms with Gasteiger partial charge in [0.2, 0.25) is 0 Å². The van der Waals surface area contributed by atoms with E-state index in [-0.39, 0.29) is 0 Å². The van der Waals surface area contributed by atoms with Crippen molar-refractivity contribution in [2.75, 3.05) is 4.90 Å². The number of hydrogen-bond acceptors (Lipinski definition) is 2. The zero-order chi connectivity index (χ0) is 72.5. The van der Waals surface area contributed by atoms with E-state index in [0.717, 1.165) is 10.6 Å². The molecule has 0 spiro atoms. The second kappa shape index (κ2) is 14.3. The summed E-state index contributed by atoms with van der Waals surface area (Å²) in [5.74, 6) is 0. The zero-order valence-corrected chi connectivity index (χ0v) is 30.4. The van der Waals surface area contributed by atoms with Gasteiger partial charge < -0.3 is 13.9 Å². The Hall–Kier alpha value is -8.14. The lowest BCUT2D eigenvalue weighted by molar-refractivity contribution is 0.670. The van der Waals surface area contributed by atoms with Crippen LogP contribution in [0.15, 0.2) is 234 Å². The number of furan rings is 1. The quantitative estimate of drug-likeness (QED) is 0.160. The predicted octanol–water partition coefficient (Wildman–Crippen LogP) is 16.3. The standard InChI is InChI=1S/C58H38N2O/c1-2-14-39(15-3-1)41-28-32-45(33-29-41)59(46-34-30-42(31-35-46)44-27-26-40-16-4-5-17-43(40)38-44)55-37-36-50(58-57(55)51-21-9-13-25-56(51)61-58)49-20-8-12-24-54(49)60-52-22-10-6-18-47(52)48-19-7-11-23-53(48)60/h1-38H/i1D,2D,3D,4D,5D,6D,7D,8D,9D,10D,11D,12D,13D,14D,15D,16D,17D,18D,19D,21D,22D,23D,24D,25D,26D,27D,28D,29D,30D,31D,32D,33D,34D,35D,36D,37D,38D. The summed E-state index contributed by atoms with van der Waals surface area (Å²) in [7, 11) is 0. The highest BCUT2D eigenvalue weighted by Gasteiger charge is 2.24. The maximum atomic E-state index is 10.3. The molecule has 10 aromatic carbocycles. The number of nitrogens with zero attached hydrogens (tertiary/aromatic N) is 2. The number of fused-ring (bicyclic) bond motifs is 7. The largest absolute Gasteiger partial charge is 0.455 e. The van der Waals surface area contributed by atoms with Crippen molar-refractivity contribution in [3.8, 4) is 39.1 Å². The first-order valence-electron chi connectivity index (χ1n) is 36.3. The summed E-state index contributed by atoms with van der Waals surface area (Å²) in [6.45, 7) is 0. The Balaban J connectivity index is 1.33. The molecule has 2 aromatic heterocycles. The van der Waals surface area contributed by atoms with E-state index in [1.807, 2.05) is 0 Å². The molecule has 0 unspecified atom stereocenters. The molecule has 0 atom stereocenters. The highest BCUT2D eigenvalue weighted by molar-refractivity contribution is 6.18. The molecule has 0 aliphatic rings. The van der Waals surface area contributed by atoms with Crippen molar-refractivity contribution >= 4 is 71.6 Å². The van der Waals surface area contributed by atoms with Crippen molar-refractivity contribution in [2.45, 2.75) is 0 Å². The SMILES string of the molecule is [2H]c1cc(-c2c([2H])c([2H])c(N(c3c([2H])c([2H])c(-c4c([2H])c([2H])c([2H])c([2H])c4[2H])c([2H])c3[2H])c3c([2H])c([2H])c(-c4c([2H])c([2H])c5c([2H])c([2H])c([2H])c([2H])c5c4[2H])c([2H])c3[2H])c3c2oc2c([2H])c([2H])c([2H])c([2H])c23)c(-n2c3c([2H])c([2H])c([2H])c([2H])c3c3c([2H])c([2H])c([2H])c([2H])c32)c([2H])c1[2H]. The van der Waals surface area contributed by atoms with Crippen LogP contribution in [-0.4, -0.2) is 4.57 Å². The van der Waals surface area contributed by atoms with E-state index in [0.29, 0.717) is 4.90 Å². The monoisotopic (exact) mass is 816 g/mol. The molecule has 12 aromatic rings. The van der Waals surface area contributed by atoms with E-state index in [1.165, 1.54) is 0 Å². The van der Waals surface area contributed by atoms with Gasteiger partial charge in [-0.25, -0.2) is 0 Å². The van der Waals surface area contributed by atoms with Crippen molar-refractivity contribution < 1.29 is 55.1 Å². The van der Waals surface area contributed by atoms with Gasteiger partial charge in [-0.2, -0.15) is 0 Å². The average molecular weight is 816 g/mol. The summed E-state index contributed by atoms with van der Waals surface area (Å²) in [6, 6.07) is -38.9. The number of aromatic nitrogens is 1. The summed E-state index contributed by atoms with van der Waals surface area (Å²) in [4.78, 5) is 0.314. The molecule has 0 saturated heterocycles. The molecule has 61 heavy (non-hydrogen) atoms. The first kappa shape index (κ1) is 14.0. The van der Waals surface area contributed by atoms with E-state index < -0.39 is 334 Å². The van der Waals surface area contributed by atoms with Crippen molar-refractivity contribution in [1.29, 1.82) is 0 Å². The lowest BCUT2D eigenvalue weighted by atomic mass is 9.97. The second-order valence-electron chi connectivity index (χ2n) is 12.9. The summed E-state index contributed by atoms with van der Waals surface area (Å²) >= 11 is 0. The highest BCUT2D eigenvalue weighted by atomic mass is 16.3. The summed E-state index contributed by atoms with van der Waals surface area (Å²) in [6.07, 6.45) is 0. The number of anilines is 3. The van der Waals surface area contributed by atoms with E-state index in [2.05, 4.69) is 0 Å². The van der Waals surface area contributed by atoms with Crippen LogP contribution in [0.25, 0.3) is 93.6 Å². The fraction of sp³-hybridized carbons (Fsp3) is 0. The summed E-state index contributed by atoms with van der Waals surface area (Å²) < 4.78 is 346. The first-order valence-corrected chi connectivity index (χ1v) is 17.8. The molecule has 0 fully saturated rings. The van der Waals surface area contributed by atoms with Gasteiger partial charge in [0.05, 0.1) is 78.5 Å². The van der Waals surface area contributed by atoms with Crippen LogP contribution in [0.1, 0.15) is 50.7 Å². The van der Waals surface area contributed by atoms with Crippen LogP contribution in [0.4, 0.5) is 17.1 Å². The normalized spacial score (nSPS) is 20.1. The molecule has 3 heteroatoms. The zero-order valence-electron chi connectivity index (χ0n) is 67.4. The van der Waals surface area contributed by atoms with Gasteiger partial charge in [0.15, 0.2) is 0 Å². The molecule has 0 amide bonds. The van der Waals surface area contributed by atoms with Crippen LogP contribution in [0.5, 0.6) is 0 Å². The molecule has 0 aliphatic heterocycles. The van der Waals surface area contributed by atoms with Crippen LogP contribution >= 0.6 is 0 Å². The smallest absolute Gasteiger partial charge is 0.145 e. The molecular weight excluding hydrogens is 741 g/mol. The van der Waals surface area contributed by atoms with Crippen molar-refractivity contribution in [1.82, 2.24) is 4.57 Å². The molecule has 0 saturated carbocycles. The fourth-order valence-corrected chi connectivity index (χ4v) is 6.87. The van der Waals surface area contributed by atoms with Crippen LogP contribution in [0.3, 0.4) is 0 Å².